The number of aryl methyl sites for hydroxylation is 1. The van der Waals surface area contributed by atoms with E-state index in [9.17, 15) is 5.11 Å². The first-order chi connectivity index (χ1) is 12.2. The van der Waals surface area contributed by atoms with E-state index < -0.39 is 0 Å². The highest BCUT2D eigenvalue weighted by atomic mass is 16.5. The molecule has 0 saturated carbocycles. The van der Waals surface area contributed by atoms with Crippen molar-refractivity contribution in [2.24, 2.45) is 0 Å². The first kappa shape index (κ1) is 17.1. The number of hydrogen-bond acceptors (Lipinski definition) is 6. The minimum atomic E-state index is 0.0593. The van der Waals surface area contributed by atoms with Crippen molar-refractivity contribution in [3.05, 3.63) is 76.9 Å². The molecule has 6 nitrogen and oxygen atoms in total. The standard InChI is InChI=1S/C19H21N3O3/c1-14-21-19(22-25-14)13-24-18-8-6-15(7-9-18)10-20-11-16-4-2-3-5-17(16)12-23/h2-9,20,23H,10-13H2,1H3. The van der Waals surface area contributed by atoms with E-state index in [1.54, 1.807) is 6.92 Å². The van der Waals surface area contributed by atoms with E-state index in [4.69, 9.17) is 9.26 Å². The molecule has 0 saturated heterocycles. The lowest BCUT2D eigenvalue weighted by atomic mass is 10.1. The number of rotatable bonds is 8. The third kappa shape index (κ3) is 4.89. The molecule has 0 amide bonds. The van der Waals surface area contributed by atoms with Gasteiger partial charge in [-0.2, -0.15) is 4.98 Å². The molecule has 3 aromatic rings. The molecule has 2 aromatic carbocycles. The first-order valence-corrected chi connectivity index (χ1v) is 8.14. The topological polar surface area (TPSA) is 80.4 Å². The maximum atomic E-state index is 9.34. The lowest BCUT2D eigenvalue weighted by Crippen LogP contribution is -2.14. The third-order valence-corrected chi connectivity index (χ3v) is 3.79. The number of ether oxygens (including phenoxy) is 1. The lowest BCUT2D eigenvalue weighted by molar-refractivity contribution is 0.280. The number of nitrogens with zero attached hydrogens (tertiary/aromatic N) is 2. The predicted octanol–water partition coefficient (Wildman–Crippen LogP) is 2.74. The molecule has 0 unspecified atom stereocenters. The van der Waals surface area contributed by atoms with E-state index in [-0.39, 0.29) is 13.2 Å². The van der Waals surface area contributed by atoms with Gasteiger partial charge in [0.25, 0.3) is 0 Å². The maximum absolute atomic E-state index is 9.34. The Morgan fingerprint density at radius 3 is 2.48 bits per heavy atom. The summed E-state index contributed by atoms with van der Waals surface area (Å²) in [4.78, 5) is 4.10. The second-order valence-electron chi connectivity index (χ2n) is 5.69. The van der Waals surface area contributed by atoms with Crippen LogP contribution in [0.15, 0.2) is 53.1 Å². The Bertz CT molecular complexity index is 800. The Kier molecular flexibility index (Phi) is 5.77. The Morgan fingerprint density at radius 1 is 1.04 bits per heavy atom. The maximum Gasteiger partial charge on any atom is 0.223 e. The van der Waals surface area contributed by atoms with Crippen molar-refractivity contribution in [3.8, 4) is 5.75 Å². The Hall–Kier alpha value is -2.70. The largest absolute Gasteiger partial charge is 0.485 e. The lowest BCUT2D eigenvalue weighted by Gasteiger charge is -2.09. The summed E-state index contributed by atoms with van der Waals surface area (Å²) in [6, 6.07) is 15.8. The van der Waals surface area contributed by atoms with Crippen LogP contribution in [0, 0.1) is 6.92 Å². The highest BCUT2D eigenvalue weighted by Crippen LogP contribution is 2.14. The molecule has 3 rings (SSSR count). The highest BCUT2D eigenvalue weighted by Gasteiger charge is 2.04. The van der Waals surface area contributed by atoms with Crippen LogP contribution in [0.4, 0.5) is 0 Å². The number of aliphatic hydroxyl groups is 1. The number of benzene rings is 2. The summed E-state index contributed by atoms with van der Waals surface area (Å²) in [7, 11) is 0. The highest BCUT2D eigenvalue weighted by molar-refractivity contribution is 5.28. The fourth-order valence-corrected chi connectivity index (χ4v) is 2.48. The summed E-state index contributed by atoms with van der Waals surface area (Å²) < 4.78 is 10.5. The molecule has 0 aliphatic rings. The summed E-state index contributed by atoms with van der Waals surface area (Å²) in [5.74, 6) is 1.82. The number of hydrogen-bond donors (Lipinski definition) is 2. The molecule has 1 heterocycles. The van der Waals surface area contributed by atoms with Crippen molar-refractivity contribution in [1.29, 1.82) is 0 Å². The molecule has 1 aromatic heterocycles. The smallest absolute Gasteiger partial charge is 0.223 e. The van der Waals surface area contributed by atoms with E-state index in [0.717, 1.165) is 29.0 Å². The molecule has 0 aliphatic heterocycles. The Balaban J connectivity index is 1.47. The van der Waals surface area contributed by atoms with E-state index in [1.165, 1.54) is 0 Å². The van der Waals surface area contributed by atoms with Crippen LogP contribution in [-0.4, -0.2) is 15.2 Å². The molecule has 0 aliphatic carbocycles. The molecule has 0 fully saturated rings. The number of nitrogens with one attached hydrogen (secondary N) is 1. The zero-order valence-electron chi connectivity index (χ0n) is 14.1. The molecule has 2 N–H and O–H groups in total. The normalized spacial score (nSPS) is 10.8. The SMILES string of the molecule is Cc1nc(COc2ccc(CNCc3ccccc3CO)cc2)no1. The fourth-order valence-electron chi connectivity index (χ4n) is 2.48. The van der Waals surface area contributed by atoms with Gasteiger partial charge in [0.15, 0.2) is 6.61 Å². The van der Waals surface area contributed by atoms with E-state index in [0.29, 0.717) is 18.3 Å². The van der Waals surface area contributed by atoms with Gasteiger partial charge in [0.1, 0.15) is 5.75 Å². The third-order valence-electron chi connectivity index (χ3n) is 3.79. The minimum absolute atomic E-state index is 0.0593. The van der Waals surface area contributed by atoms with Crippen LogP contribution in [0.2, 0.25) is 0 Å². The minimum Gasteiger partial charge on any atom is -0.485 e. The summed E-state index contributed by atoms with van der Waals surface area (Å²) in [6.07, 6.45) is 0. The van der Waals surface area contributed by atoms with Gasteiger partial charge in [-0.15, -0.1) is 0 Å². The average Bonchev–Trinajstić information content (AvgIpc) is 3.07. The number of aliphatic hydroxyl groups excluding tert-OH is 1. The van der Waals surface area contributed by atoms with Crippen LogP contribution in [0.5, 0.6) is 5.75 Å². The van der Waals surface area contributed by atoms with Crippen molar-refractivity contribution in [2.75, 3.05) is 0 Å². The first-order valence-electron chi connectivity index (χ1n) is 8.14. The molecular weight excluding hydrogens is 318 g/mol. The van der Waals surface area contributed by atoms with Gasteiger partial charge >= 0.3 is 0 Å². The van der Waals surface area contributed by atoms with Crippen molar-refractivity contribution in [1.82, 2.24) is 15.5 Å². The van der Waals surface area contributed by atoms with Gasteiger partial charge in [-0.1, -0.05) is 41.6 Å². The van der Waals surface area contributed by atoms with E-state index >= 15 is 0 Å². The fraction of sp³-hybridized carbons (Fsp3) is 0.263. The van der Waals surface area contributed by atoms with Crippen LogP contribution < -0.4 is 10.1 Å². The average molecular weight is 339 g/mol. The van der Waals surface area contributed by atoms with Crippen molar-refractivity contribution < 1.29 is 14.4 Å². The van der Waals surface area contributed by atoms with Gasteiger partial charge in [0, 0.05) is 20.0 Å². The molecular formula is C19H21N3O3. The van der Waals surface area contributed by atoms with Gasteiger partial charge in [-0.25, -0.2) is 0 Å². The van der Waals surface area contributed by atoms with Crippen LogP contribution >= 0.6 is 0 Å². The summed E-state index contributed by atoms with van der Waals surface area (Å²) in [5, 5.41) is 16.5. The zero-order chi connectivity index (χ0) is 17.5. The van der Waals surface area contributed by atoms with Crippen LogP contribution in [0.25, 0.3) is 0 Å². The van der Waals surface area contributed by atoms with Crippen molar-refractivity contribution in [3.63, 3.8) is 0 Å². The predicted molar refractivity (Wildman–Crippen MR) is 92.7 cm³/mol. The van der Waals surface area contributed by atoms with E-state index in [1.807, 2.05) is 48.5 Å². The molecule has 0 atom stereocenters. The Labute approximate surface area is 146 Å². The van der Waals surface area contributed by atoms with Crippen molar-refractivity contribution in [2.45, 2.75) is 33.2 Å². The quantitative estimate of drug-likeness (QED) is 0.657. The Morgan fingerprint density at radius 2 is 1.80 bits per heavy atom. The molecule has 0 radical (unpaired) electrons. The van der Waals surface area contributed by atoms with Crippen LogP contribution in [-0.2, 0) is 26.3 Å². The molecule has 130 valence electrons. The van der Waals surface area contributed by atoms with Crippen LogP contribution in [0.3, 0.4) is 0 Å². The zero-order valence-corrected chi connectivity index (χ0v) is 14.1. The van der Waals surface area contributed by atoms with Gasteiger partial charge in [-0.3, -0.25) is 0 Å². The summed E-state index contributed by atoms with van der Waals surface area (Å²) >= 11 is 0. The van der Waals surface area contributed by atoms with Crippen LogP contribution in [0.1, 0.15) is 28.4 Å². The van der Waals surface area contributed by atoms with Gasteiger partial charge in [-0.05, 0) is 28.8 Å². The second kappa shape index (κ2) is 8.41. The molecule has 0 spiro atoms. The molecule has 25 heavy (non-hydrogen) atoms. The summed E-state index contributed by atoms with van der Waals surface area (Å²) in [6.45, 7) is 3.55. The van der Waals surface area contributed by atoms with Gasteiger partial charge in [0.05, 0.1) is 6.61 Å². The second-order valence-corrected chi connectivity index (χ2v) is 5.69. The molecule has 0 bridgehead atoms. The van der Waals surface area contributed by atoms with Crippen molar-refractivity contribution >= 4 is 0 Å². The van der Waals surface area contributed by atoms with E-state index in [2.05, 4.69) is 15.5 Å². The number of aromatic nitrogens is 2. The van der Waals surface area contributed by atoms with Gasteiger partial charge < -0.3 is 19.7 Å². The monoisotopic (exact) mass is 339 g/mol. The van der Waals surface area contributed by atoms with Gasteiger partial charge in [0.2, 0.25) is 11.7 Å². The molecule has 6 heteroatoms. The summed E-state index contributed by atoms with van der Waals surface area (Å²) in [5.41, 5.74) is 3.22.